The third-order valence-corrected chi connectivity index (χ3v) is 9.71. The molecule has 0 aromatic carbocycles. The summed E-state index contributed by atoms with van der Waals surface area (Å²) in [5.41, 5.74) is 0. The van der Waals surface area contributed by atoms with Gasteiger partial charge in [-0.1, -0.05) is 168 Å². The summed E-state index contributed by atoms with van der Waals surface area (Å²) in [6.07, 6.45) is 29.2. The summed E-state index contributed by atoms with van der Waals surface area (Å²) in [6.45, 7) is 2.39. The van der Waals surface area contributed by atoms with E-state index in [1.54, 1.807) is 0 Å². The molecule has 49 heavy (non-hydrogen) atoms. The van der Waals surface area contributed by atoms with Crippen LogP contribution >= 0.6 is 7.82 Å². The highest BCUT2D eigenvalue weighted by Crippen LogP contribution is 2.43. The number of carbonyl (C=O) groups excluding carboxylic acids is 2. The molecule has 0 aromatic heterocycles. The standard InChI is InChI=1S/C38H75O10P/c1-3-5-7-9-11-13-15-17-19-21-23-25-27-29-37(41)45-33-36(34-47-49(43,44)46-32-35(40)31-39)48-38(42)30-28-26-24-22-20-18-16-14-12-10-8-6-4-2/h35-36,39-40H,3-34H2,1-2H3,(H,43,44)/t35?,36-/m0/s1. The molecule has 11 heteroatoms. The van der Waals surface area contributed by atoms with Crippen molar-refractivity contribution in [2.45, 2.75) is 206 Å². The van der Waals surface area contributed by atoms with Crippen LogP contribution in [0.4, 0.5) is 0 Å². The van der Waals surface area contributed by atoms with Crippen LogP contribution in [0.3, 0.4) is 0 Å². The molecule has 0 bridgehead atoms. The molecule has 0 fully saturated rings. The van der Waals surface area contributed by atoms with Crippen LogP contribution in [0, 0.1) is 0 Å². The number of esters is 2. The van der Waals surface area contributed by atoms with Crippen molar-refractivity contribution >= 4 is 19.8 Å². The van der Waals surface area contributed by atoms with Crippen molar-refractivity contribution in [3.05, 3.63) is 0 Å². The SMILES string of the molecule is CCCCCCCCCCCCCCCC(=O)OC[C@@H](COP(=O)(O)OCC(O)CO)OC(=O)CCCCCCCCCCCCCCC. The molecule has 3 atom stereocenters. The van der Waals surface area contributed by atoms with E-state index in [2.05, 4.69) is 18.4 Å². The van der Waals surface area contributed by atoms with Crippen molar-refractivity contribution in [1.82, 2.24) is 0 Å². The lowest BCUT2D eigenvalue weighted by atomic mass is 10.0. The lowest BCUT2D eigenvalue weighted by Crippen LogP contribution is -2.29. The fourth-order valence-electron chi connectivity index (χ4n) is 5.64. The van der Waals surface area contributed by atoms with Crippen LogP contribution < -0.4 is 0 Å². The van der Waals surface area contributed by atoms with Crippen LogP contribution in [0.1, 0.15) is 194 Å². The zero-order chi connectivity index (χ0) is 36.3. The normalized spacial score (nSPS) is 14.0. The molecule has 3 N–H and O–H groups in total. The van der Waals surface area contributed by atoms with Gasteiger partial charge in [0.2, 0.25) is 0 Å². The van der Waals surface area contributed by atoms with E-state index in [1.807, 2.05) is 0 Å². The third kappa shape index (κ3) is 35.2. The molecule has 0 heterocycles. The molecule has 0 rings (SSSR count). The quantitative estimate of drug-likeness (QED) is 0.0319. The number of aliphatic hydroxyl groups is 2. The molecule has 10 nitrogen and oxygen atoms in total. The number of carbonyl (C=O) groups is 2. The van der Waals surface area contributed by atoms with Gasteiger partial charge < -0.3 is 24.6 Å². The maximum atomic E-state index is 12.5. The van der Waals surface area contributed by atoms with Crippen molar-refractivity contribution in [1.29, 1.82) is 0 Å². The van der Waals surface area contributed by atoms with E-state index in [0.29, 0.717) is 12.8 Å². The van der Waals surface area contributed by atoms with Crippen LogP contribution in [-0.4, -0.2) is 65.7 Å². The number of rotatable bonds is 38. The van der Waals surface area contributed by atoms with Crippen LogP contribution in [-0.2, 0) is 32.7 Å². The highest BCUT2D eigenvalue weighted by Gasteiger charge is 2.27. The fraction of sp³-hybridized carbons (Fsp3) is 0.947. The van der Waals surface area contributed by atoms with E-state index in [9.17, 15) is 24.2 Å². The minimum absolute atomic E-state index is 0.192. The Bertz CT molecular complexity index is 796. The molecule has 0 amide bonds. The molecule has 0 radical (unpaired) electrons. The van der Waals surface area contributed by atoms with Gasteiger partial charge in [-0.05, 0) is 12.8 Å². The second kappa shape index (κ2) is 35.4. The van der Waals surface area contributed by atoms with E-state index < -0.39 is 51.8 Å². The topological polar surface area (TPSA) is 149 Å². The lowest BCUT2D eigenvalue weighted by Gasteiger charge is -2.20. The Balaban J connectivity index is 4.31. The van der Waals surface area contributed by atoms with E-state index >= 15 is 0 Å². The lowest BCUT2D eigenvalue weighted by molar-refractivity contribution is -0.161. The van der Waals surface area contributed by atoms with E-state index in [1.165, 1.54) is 116 Å². The summed E-state index contributed by atoms with van der Waals surface area (Å²) >= 11 is 0. The van der Waals surface area contributed by atoms with Crippen molar-refractivity contribution in [2.24, 2.45) is 0 Å². The van der Waals surface area contributed by atoms with Gasteiger partial charge >= 0.3 is 19.8 Å². The average Bonchev–Trinajstić information content (AvgIpc) is 3.09. The summed E-state index contributed by atoms with van der Waals surface area (Å²) in [6, 6.07) is 0. The van der Waals surface area contributed by atoms with E-state index in [-0.39, 0.29) is 19.4 Å². The maximum Gasteiger partial charge on any atom is 0.472 e. The minimum Gasteiger partial charge on any atom is -0.462 e. The molecule has 0 aromatic rings. The van der Waals surface area contributed by atoms with Gasteiger partial charge in [0.25, 0.3) is 0 Å². The molecule has 0 aliphatic carbocycles. The monoisotopic (exact) mass is 723 g/mol. The molecular weight excluding hydrogens is 647 g/mol. The van der Waals surface area contributed by atoms with Crippen LogP contribution in [0.15, 0.2) is 0 Å². The Labute approximate surface area is 299 Å². The summed E-state index contributed by atoms with van der Waals surface area (Å²) in [4.78, 5) is 34.8. The molecular formula is C38H75O10P. The molecule has 0 aliphatic rings. The van der Waals surface area contributed by atoms with Crippen molar-refractivity contribution in [3.63, 3.8) is 0 Å². The van der Waals surface area contributed by atoms with Gasteiger partial charge in [0.1, 0.15) is 12.7 Å². The van der Waals surface area contributed by atoms with Gasteiger partial charge in [0, 0.05) is 12.8 Å². The number of hydrogen-bond acceptors (Lipinski definition) is 9. The first-order valence-electron chi connectivity index (χ1n) is 20.0. The first-order valence-corrected chi connectivity index (χ1v) is 21.5. The molecule has 0 saturated heterocycles. The number of hydrogen-bond donors (Lipinski definition) is 3. The third-order valence-electron chi connectivity index (χ3n) is 8.76. The second-order valence-electron chi connectivity index (χ2n) is 13.7. The van der Waals surface area contributed by atoms with Crippen LogP contribution in [0.5, 0.6) is 0 Å². The summed E-state index contributed by atoms with van der Waals surface area (Å²) in [5.74, 6) is -0.913. The van der Waals surface area contributed by atoms with Crippen molar-refractivity contribution in [3.8, 4) is 0 Å². The maximum absolute atomic E-state index is 12.5. The zero-order valence-corrected chi connectivity index (χ0v) is 32.3. The summed E-state index contributed by atoms with van der Waals surface area (Å²) < 4.78 is 32.6. The first-order chi connectivity index (χ1) is 23.7. The van der Waals surface area contributed by atoms with Crippen LogP contribution in [0.25, 0.3) is 0 Å². The highest BCUT2D eigenvalue weighted by molar-refractivity contribution is 7.47. The number of unbranched alkanes of at least 4 members (excludes halogenated alkanes) is 24. The van der Waals surface area contributed by atoms with Gasteiger partial charge in [-0.3, -0.25) is 18.6 Å². The zero-order valence-electron chi connectivity index (χ0n) is 31.4. The van der Waals surface area contributed by atoms with E-state index in [0.717, 1.165) is 38.5 Å². The molecule has 0 aliphatic heterocycles. The van der Waals surface area contributed by atoms with Gasteiger partial charge in [-0.15, -0.1) is 0 Å². The molecule has 2 unspecified atom stereocenters. The average molecular weight is 723 g/mol. The van der Waals surface area contributed by atoms with Crippen molar-refractivity contribution < 1.29 is 47.8 Å². The first kappa shape index (κ1) is 48.0. The van der Waals surface area contributed by atoms with Crippen molar-refractivity contribution in [2.75, 3.05) is 26.4 Å². The molecule has 0 spiro atoms. The highest BCUT2D eigenvalue weighted by atomic mass is 31.2. The Morgan fingerprint density at radius 2 is 0.878 bits per heavy atom. The Kier molecular flexibility index (Phi) is 34.6. The summed E-state index contributed by atoms with van der Waals surface area (Å²) in [5, 5.41) is 18.3. The number of aliphatic hydroxyl groups excluding tert-OH is 2. The predicted octanol–water partition coefficient (Wildman–Crippen LogP) is 9.89. The summed E-state index contributed by atoms with van der Waals surface area (Å²) in [7, 11) is -4.60. The van der Waals surface area contributed by atoms with Gasteiger partial charge in [-0.25, -0.2) is 4.57 Å². The minimum atomic E-state index is -4.60. The Morgan fingerprint density at radius 3 is 1.27 bits per heavy atom. The fourth-order valence-corrected chi connectivity index (χ4v) is 6.43. The predicted molar refractivity (Wildman–Crippen MR) is 196 cm³/mol. The number of ether oxygens (including phenoxy) is 2. The van der Waals surface area contributed by atoms with Gasteiger partial charge in [0.05, 0.1) is 19.8 Å². The van der Waals surface area contributed by atoms with Gasteiger partial charge in [0.15, 0.2) is 6.10 Å². The van der Waals surface area contributed by atoms with Gasteiger partial charge in [-0.2, -0.15) is 0 Å². The second-order valence-corrected chi connectivity index (χ2v) is 15.1. The number of phosphoric acid groups is 1. The number of phosphoric ester groups is 1. The Morgan fingerprint density at radius 1 is 0.531 bits per heavy atom. The van der Waals surface area contributed by atoms with Crippen LogP contribution in [0.2, 0.25) is 0 Å². The van der Waals surface area contributed by atoms with E-state index in [4.69, 9.17) is 19.1 Å². The smallest absolute Gasteiger partial charge is 0.462 e. The largest absolute Gasteiger partial charge is 0.472 e. The molecule has 0 saturated carbocycles. The molecule has 292 valence electrons. The Hall–Kier alpha value is -1.03.